The Hall–Kier alpha value is -0.570. The van der Waals surface area contributed by atoms with Gasteiger partial charge in [-0.15, -0.1) is 0 Å². The zero-order valence-corrected chi connectivity index (χ0v) is 24.5. The number of carboxylic acid groups (broad SMARTS) is 1. The summed E-state index contributed by atoms with van der Waals surface area (Å²) in [6.07, 6.45) is 34.4. The first-order valence-corrected chi connectivity index (χ1v) is 16.0. The molecule has 0 bridgehead atoms. The summed E-state index contributed by atoms with van der Waals surface area (Å²) in [6.45, 7) is 6.65. The van der Waals surface area contributed by atoms with Crippen LogP contribution in [0.15, 0.2) is 0 Å². The molecule has 0 radical (unpaired) electrons. The van der Waals surface area contributed by atoms with E-state index in [1.807, 2.05) is 0 Å². The molecule has 3 heteroatoms. The highest BCUT2D eigenvalue weighted by molar-refractivity contribution is 5.66. The quantitative estimate of drug-likeness (QED) is 0.111. The molecule has 0 aromatic heterocycles. The van der Waals surface area contributed by atoms with E-state index in [1.165, 1.54) is 135 Å². The van der Waals surface area contributed by atoms with Crippen LogP contribution < -0.4 is 0 Å². The number of hydrogen-bond acceptors (Lipinski definition) is 2. The Morgan fingerprint density at radius 1 is 0.457 bits per heavy atom. The molecule has 0 fully saturated rings. The average Bonchev–Trinajstić information content (AvgIpc) is 2.84. The van der Waals surface area contributed by atoms with Crippen LogP contribution in [0.5, 0.6) is 0 Å². The molecular weight excluding hydrogens is 432 g/mol. The van der Waals surface area contributed by atoms with Gasteiger partial charge in [-0.2, -0.15) is 0 Å². The van der Waals surface area contributed by atoms with Gasteiger partial charge in [-0.25, -0.2) is 0 Å². The van der Waals surface area contributed by atoms with Crippen LogP contribution in [0.4, 0.5) is 0 Å². The Kier molecular flexibility index (Phi) is 34.9. The van der Waals surface area contributed by atoms with E-state index in [1.54, 1.807) is 0 Å². The van der Waals surface area contributed by atoms with Crippen molar-refractivity contribution >= 4 is 5.97 Å². The zero-order valence-electron chi connectivity index (χ0n) is 24.5. The predicted molar refractivity (Wildman–Crippen MR) is 155 cm³/mol. The number of aliphatic hydroxyl groups excluding tert-OH is 1. The summed E-state index contributed by atoms with van der Waals surface area (Å²) in [6, 6.07) is 0. The molecule has 0 amide bonds. The van der Waals surface area contributed by atoms with Gasteiger partial charge in [0.25, 0.3) is 0 Å². The third kappa shape index (κ3) is 38.1. The second kappa shape index (κ2) is 33.4. The summed E-state index contributed by atoms with van der Waals surface area (Å²) in [7, 11) is 0. The van der Waals surface area contributed by atoms with Crippen molar-refractivity contribution in [1.29, 1.82) is 0 Å². The van der Waals surface area contributed by atoms with E-state index < -0.39 is 5.97 Å². The minimum atomic E-state index is -0.675. The van der Waals surface area contributed by atoms with E-state index in [0.717, 1.165) is 32.1 Å². The molecule has 0 saturated heterocycles. The molecule has 0 rings (SSSR count). The normalized spacial score (nSPS) is 11.8. The minimum absolute atomic E-state index is 0.0292. The Balaban J connectivity index is 0. The monoisotopic (exact) mass is 499 g/mol. The molecule has 2 N–H and O–H groups in total. The first kappa shape index (κ1) is 36.6. The molecule has 0 heterocycles. The van der Waals surface area contributed by atoms with Crippen LogP contribution in [-0.4, -0.2) is 22.3 Å². The predicted octanol–water partition coefficient (Wildman–Crippen LogP) is 11.0. The lowest BCUT2D eigenvalue weighted by atomic mass is 10.0. The maximum absolute atomic E-state index is 9.96. The molecule has 0 aliphatic rings. The van der Waals surface area contributed by atoms with Crippen molar-refractivity contribution in [3.63, 3.8) is 0 Å². The molecule has 0 spiro atoms. The lowest BCUT2D eigenvalue weighted by molar-refractivity contribution is -0.137. The molecule has 3 nitrogen and oxygen atoms in total. The number of aliphatic hydroxyl groups is 1. The van der Waals surface area contributed by atoms with Gasteiger partial charge in [-0.05, 0) is 19.3 Å². The number of aliphatic carboxylic acids is 1. The van der Waals surface area contributed by atoms with E-state index in [4.69, 9.17) is 5.11 Å². The molecule has 1 unspecified atom stereocenters. The van der Waals surface area contributed by atoms with E-state index in [2.05, 4.69) is 20.8 Å². The average molecular weight is 499 g/mol. The molecule has 0 aliphatic carbocycles. The van der Waals surface area contributed by atoms with Crippen molar-refractivity contribution in [3.8, 4) is 0 Å². The van der Waals surface area contributed by atoms with Crippen molar-refractivity contribution in [2.45, 2.75) is 200 Å². The largest absolute Gasteiger partial charge is 0.481 e. The SMILES string of the molecule is CCCCCCC(=O)O.CCCCCCCCCCCCCCCCCCC(O)CCCCCC. The van der Waals surface area contributed by atoms with Gasteiger partial charge in [0.05, 0.1) is 6.10 Å². The van der Waals surface area contributed by atoms with Crippen molar-refractivity contribution in [2.24, 2.45) is 0 Å². The Morgan fingerprint density at radius 2 is 0.714 bits per heavy atom. The smallest absolute Gasteiger partial charge is 0.303 e. The van der Waals surface area contributed by atoms with Crippen LogP contribution in [0, 0.1) is 0 Å². The molecule has 0 saturated carbocycles. The van der Waals surface area contributed by atoms with Crippen LogP contribution >= 0.6 is 0 Å². The van der Waals surface area contributed by atoms with Crippen molar-refractivity contribution in [3.05, 3.63) is 0 Å². The van der Waals surface area contributed by atoms with Gasteiger partial charge in [0.2, 0.25) is 0 Å². The van der Waals surface area contributed by atoms with Gasteiger partial charge in [0, 0.05) is 6.42 Å². The third-order valence-electron chi connectivity index (χ3n) is 7.03. The fourth-order valence-corrected chi connectivity index (χ4v) is 4.58. The van der Waals surface area contributed by atoms with Gasteiger partial charge in [0.15, 0.2) is 0 Å². The summed E-state index contributed by atoms with van der Waals surface area (Å²) < 4.78 is 0. The van der Waals surface area contributed by atoms with E-state index >= 15 is 0 Å². The Morgan fingerprint density at radius 3 is 1.03 bits per heavy atom. The topological polar surface area (TPSA) is 57.5 Å². The molecule has 1 atom stereocenters. The Bertz CT molecular complexity index is 383. The highest BCUT2D eigenvalue weighted by Gasteiger charge is 2.03. The van der Waals surface area contributed by atoms with Crippen molar-refractivity contribution in [1.82, 2.24) is 0 Å². The molecule has 35 heavy (non-hydrogen) atoms. The van der Waals surface area contributed by atoms with Gasteiger partial charge in [-0.1, -0.05) is 168 Å². The Labute approximate surface area is 221 Å². The lowest BCUT2D eigenvalue weighted by Gasteiger charge is -2.10. The summed E-state index contributed by atoms with van der Waals surface area (Å²) in [5.41, 5.74) is 0. The van der Waals surface area contributed by atoms with Crippen LogP contribution in [0.1, 0.15) is 194 Å². The fraction of sp³-hybridized carbons (Fsp3) is 0.969. The van der Waals surface area contributed by atoms with Crippen LogP contribution in [0.3, 0.4) is 0 Å². The van der Waals surface area contributed by atoms with Crippen molar-refractivity contribution in [2.75, 3.05) is 0 Å². The van der Waals surface area contributed by atoms with E-state index in [-0.39, 0.29) is 6.10 Å². The standard InChI is InChI=1S/C25H52O.C7H14O2/c1-3-5-7-9-10-11-12-13-14-15-16-17-18-19-20-22-24-25(26)23-21-8-6-4-2;1-2-3-4-5-6-7(8)9/h25-26H,3-24H2,1-2H3;2-6H2,1H3,(H,8,9). The van der Waals surface area contributed by atoms with Gasteiger partial charge < -0.3 is 10.2 Å². The molecule has 0 aromatic rings. The molecular formula is C32H66O3. The van der Waals surface area contributed by atoms with E-state index in [9.17, 15) is 9.90 Å². The maximum Gasteiger partial charge on any atom is 0.303 e. The second-order valence-corrected chi connectivity index (χ2v) is 10.8. The lowest BCUT2D eigenvalue weighted by Crippen LogP contribution is -2.05. The molecule has 0 aromatic carbocycles. The first-order chi connectivity index (χ1) is 17.1. The number of hydrogen-bond donors (Lipinski definition) is 2. The molecule has 212 valence electrons. The summed E-state index contributed by atoms with van der Waals surface area (Å²) in [5.74, 6) is -0.675. The maximum atomic E-state index is 9.96. The fourth-order valence-electron chi connectivity index (χ4n) is 4.58. The van der Waals surface area contributed by atoms with Gasteiger partial charge in [-0.3, -0.25) is 4.79 Å². The van der Waals surface area contributed by atoms with Crippen LogP contribution in [0.2, 0.25) is 0 Å². The highest BCUT2D eigenvalue weighted by atomic mass is 16.4. The summed E-state index contributed by atoms with van der Waals surface area (Å²) in [5, 5.41) is 18.2. The van der Waals surface area contributed by atoms with Crippen LogP contribution in [-0.2, 0) is 4.79 Å². The van der Waals surface area contributed by atoms with Gasteiger partial charge >= 0.3 is 5.97 Å². The molecule has 0 aliphatic heterocycles. The minimum Gasteiger partial charge on any atom is -0.481 e. The number of carbonyl (C=O) groups is 1. The van der Waals surface area contributed by atoms with Crippen molar-refractivity contribution < 1.29 is 15.0 Å². The number of carboxylic acids is 1. The first-order valence-electron chi connectivity index (χ1n) is 16.0. The van der Waals surface area contributed by atoms with E-state index in [0.29, 0.717) is 6.42 Å². The zero-order chi connectivity index (χ0) is 26.2. The summed E-state index contributed by atoms with van der Waals surface area (Å²) in [4.78, 5) is 9.96. The second-order valence-electron chi connectivity index (χ2n) is 10.8. The van der Waals surface area contributed by atoms with Crippen LogP contribution in [0.25, 0.3) is 0 Å². The van der Waals surface area contributed by atoms with Gasteiger partial charge in [0.1, 0.15) is 0 Å². The summed E-state index contributed by atoms with van der Waals surface area (Å²) >= 11 is 0. The number of rotatable bonds is 27. The third-order valence-corrected chi connectivity index (χ3v) is 7.03. The highest BCUT2D eigenvalue weighted by Crippen LogP contribution is 2.15. The number of unbranched alkanes of at least 4 members (excludes halogenated alkanes) is 21.